The molecule has 4 rings (SSSR count). The highest BCUT2D eigenvalue weighted by Gasteiger charge is 2.31. The predicted octanol–water partition coefficient (Wildman–Crippen LogP) is 0.134. The maximum Gasteiger partial charge on any atom is 0.328 e. The van der Waals surface area contributed by atoms with Gasteiger partial charge in [-0.1, -0.05) is 18.2 Å². The van der Waals surface area contributed by atoms with Crippen LogP contribution in [0.15, 0.2) is 42.5 Å². The maximum atomic E-state index is 12.8. The lowest BCUT2D eigenvalue weighted by Gasteiger charge is -2.25. The zero-order valence-electron chi connectivity index (χ0n) is 18.3. The van der Waals surface area contributed by atoms with Crippen LogP contribution < -0.4 is 21.1 Å². The molecule has 0 aromatic heterocycles. The summed E-state index contributed by atoms with van der Waals surface area (Å²) in [4.78, 5) is 37.8. The molecule has 0 saturated carbocycles. The summed E-state index contributed by atoms with van der Waals surface area (Å²) in [5.74, 6) is -1.58. The molecule has 10 heteroatoms. The minimum atomic E-state index is -1.34. The van der Waals surface area contributed by atoms with Crippen LogP contribution in [0, 0.1) is 0 Å². The van der Waals surface area contributed by atoms with E-state index in [0.29, 0.717) is 16.9 Å². The second kappa shape index (κ2) is 10.3. The van der Waals surface area contributed by atoms with Crippen molar-refractivity contribution in [3.05, 3.63) is 53.6 Å². The lowest BCUT2D eigenvalue weighted by Crippen LogP contribution is -2.58. The Morgan fingerprint density at radius 3 is 2.39 bits per heavy atom. The predicted molar refractivity (Wildman–Crippen MR) is 118 cm³/mol. The molecule has 33 heavy (non-hydrogen) atoms. The molecule has 0 radical (unpaired) electrons. The Morgan fingerprint density at radius 1 is 1.09 bits per heavy atom. The van der Waals surface area contributed by atoms with Gasteiger partial charge in [-0.3, -0.25) is 9.59 Å². The molecule has 2 heterocycles. The number of carbonyl (C=O) groups is 3. The van der Waals surface area contributed by atoms with E-state index < -0.39 is 42.0 Å². The number of amides is 2. The zero-order chi connectivity index (χ0) is 24.1. The number of methoxy groups -OCH3 is 1. The number of esters is 1. The standard InChI is InChI=1S/C23H27N3O7/c1-12(27)20-22(30)25-17(23(31)32-2)10-13-3-6-15(7-4-13)33-19-11-14(5-8-18(19)28)9-16(24)21(29)26-20/h3-8,11-12,16-17,20,27-28H,9-10,24H2,1-2H3,(H,25,30)(H,26,29)/t12-,16+,17+,20+/m1/s1. The van der Waals surface area contributed by atoms with Crippen LogP contribution in [0.3, 0.4) is 0 Å². The first-order chi connectivity index (χ1) is 15.7. The molecule has 2 aromatic carbocycles. The maximum absolute atomic E-state index is 12.8. The molecular weight excluding hydrogens is 430 g/mol. The number of phenolic OH excluding ortho intramolecular Hbond substituents is 1. The fourth-order valence-electron chi connectivity index (χ4n) is 3.43. The number of carbonyl (C=O) groups excluding carboxylic acids is 3. The normalized spacial score (nSPS) is 22.4. The van der Waals surface area contributed by atoms with Crippen molar-refractivity contribution in [3.63, 3.8) is 0 Å². The van der Waals surface area contributed by atoms with E-state index in [2.05, 4.69) is 10.6 Å². The SMILES string of the molecule is COC(=O)[C@@H]1Cc2ccc(cc2)Oc2cc(ccc2O)C[C@H](N)C(=O)N[C@@H]([C@@H](C)O)C(=O)N1. The number of rotatable bonds is 2. The molecule has 4 bridgehead atoms. The quantitative estimate of drug-likeness (QED) is 0.398. The van der Waals surface area contributed by atoms with Gasteiger partial charge >= 0.3 is 5.97 Å². The Balaban J connectivity index is 2.00. The number of phenols is 1. The van der Waals surface area contributed by atoms with Gasteiger partial charge in [-0.25, -0.2) is 4.79 Å². The van der Waals surface area contributed by atoms with E-state index >= 15 is 0 Å². The van der Waals surface area contributed by atoms with Gasteiger partial charge in [-0.2, -0.15) is 0 Å². The van der Waals surface area contributed by atoms with Gasteiger partial charge in [-0.15, -0.1) is 0 Å². The fourth-order valence-corrected chi connectivity index (χ4v) is 3.43. The molecule has 10 nitrogen and oxygen atoms in total. The van der Waals surface area contributed by atoms with E-state index in [-0.39, 0.29) is 24.3 Å². The topological polar surface area (TPSA) is 160 Å². The molecule has 6 N–H and O–H groups in total. The molecule has 2 aliphatic rings. The summed E-state index contributed by atoms with van der Waals surface area (Å²) in [6, 6.07) is 7.89. The van der Waals surface area contributed by atoms with E-state index in [1.54, 1.807) is 36.4 Å². The van der Waals surface area contributed by atoms with Gasteiger partial charge in [0.25, 0.3) is 0 Å². The van der Waals surface area contributed by atoms with Crippen molar-refractivity contribution in [3.8, 4) is 17.2 Å². The number of aromatic hydroxyl groups is 1. The van der Waals surface area contributed by atoms with Crippen molar-refractivity contribution in [2.75, 3.05) is 7.11 Å². The van der Waals surface area contributed by atoms with Crippen LogP contribution in [-0.2, 0) is 32.0 Å². The van der Waals surface area contributed by atoms with Crippen LogP contribution >= 0.6 is 0 Å². The molecule has 0 aliphatic carbocycles. The molecule has 2 aromatic rings. The number of nitrogens with two attached hydrogens (primary N) is 1. The highest BCUT2D eigenvalue weighted by atomic mass is 16.5. The van der Waals surface area contributed by atoms with E-state index in [0.717, 1.165) is 0 Å². The van der Waals surface area contributed by atoms with Crippen molar-refractivity contribution in [1.29, 1.82) is 0 Å². The second-order valence-corrected chi connectivity index (χ2v) is 7.87. The summed E-state index contributed by atoms with van der Waals surface area (Å²) in [5, 5.41) is 25.2. The monoisotopic (exact) mass is 457 g/mol. The van der Waals surface area contributed by atoms with Crippen LogP contribution in [0.5, 0.6) is 17.2 Å². The summed E-state index contributed by atoms with van der Waals surface area (Å²) in [6.45, 7) is 1.34. The third kappa shape index (κ3) is 5.99. The Morgan fingerprint density at radius 2 is 1.76 bits per heavy atom. The molecule has 0 fully saturated rings. The van der Waals surface area contributed by atoms with E-state index in [9.17, 15) is 24.6 Å². The van der Waals surface area contributed by atoms with E-state index in [1.165, 1.54) is 20.1 Å². The highest BCUT2D eigenvalue weighted by Crippen LogP contribution is 2.32. The Labute approximate surface area is 190 Å². The van der Waals surface area contributed by atoms with Gasteiger partial charge in [0.15, 0.2) is 11.5 Å². The van der Waals surface area contributed by atoms with Gasteiger partial charge in [0.2, 0.25) is 11.8 Å². The summed E-state index contributed by atoms with van der Waals surface area (Å²) in [5.41, 5.74) is 7.33. The van der Waals surface area contributed by atoms with Gasteiger partial charge in [0.05, 0.1) is 19.3 Å². The molecule has 176 valence electrons. The van der Waals surface area contributed by atoms with Gasteiger partial charge < -0.3 is 36.1 Å². The van der Waals surface area contributed by atoms with Crippen molar-refractivity contribution >= 4 is 17.8 Å². The van der Waals surface area contributed by atoms with Crippen LogP contribution in [0.1, 0.15) is 18.1 Å². The lowest BCUT2D eigenvalue weighted by molar-refractivity contribution is -0.145. The minimum absolute atomic E-state index is 0.0837. The zero-order valence-corrected chi connectivity index (χ0v) is 18.3. The average Bonchev–Trinajstić information content (AvgIpc) is 2.78. The molecule has 2 aliphatic heterocycles. The van der Waals surface area contributed by atoms with E-state index in [1.807, 2.05) is 0 Å². The highest BCUT2D eigenvalue weighted by molar-refractivity contribution is 5.92. The van der Waals surface area contributed by atoms with Crippen molar-refractivity contribution < 1.29 is 34.1 Å². The Bertz CT molecular complexity index is 1020. The lowest BCUT2D eigenvalue weighted by atomic mass is 10.0. The van der Waals surface area contributed by atoms with Crippen LogP contribution in [0.2, 0.25) is 0 Å². The summed E-state index contributed by atoms with van der Waals surface area (Å²) >= 11 is 0. The summed E-state index contributed by atoms with van der Waals surface area (Å²) < 4.78 is 10.6. The van der Waals surface area contributed by atoms with E-state index in [4.69, 9.17) is 15.2 Å². The first-order valence-corrected chi connectivity index (χ1v) is 10.4. The number of hydrogen-bond donors (Lipinski definition) is 5. The molecular formula is C23H27N3O7. The van der Waals surface area contributed by atoms with Crippen molar-refractivity contribution in [1.82, 2.24) is 10.6 Å². The number of aliphatic hydroxyl groups excluding tert-OH is 1. The number of benzene rings is 2. The Kier molecular flexibility index (Phi) is 7.52. The summed E-state index contributed by atoms with van der Waals surface area (Å²) in [7, 11) is 1.20. The molecule has 0 unspecified atom stereocenters. The van der Waals surface area contributed by atoms with Crippen LogP contribution in [0.4, 0.5) is 0 Å². The van der Waals surface area contributed by atoms with Crippen molar-refractivity contribution in [2.24, 2.45) is 5.73 Å². The van der Waals surface area contributed by atoms with Crippen molar-refractivity contribution in [2.45, 2.75) is 44.0 Å². The van der Waals surface area contributed by atoms with Gasteiger partial charge in [0.1, 0.15) is 17.8 Å². The number of aliphatic hydroxyl groups is 1. The first-order valence-electron chi connectivity index (χ1n) is 10.4. The number of fused-ring (bicyclic) bond motifs is 10. The fraction of sp³-hybridized carbons (Fsp3) is 0.348. The number of hydrogen-bond acceptors (Lipinski definition) is 8. The average molecular weight is 457 g/mol. The number of nitrogens with one attached hydrogen (secondary N) is 2. The van der Waals surface area contributed by atoms with Gasteiger partial charge in [-0.05, 0) is 48.7 Å². The third-order valence-electron chi connectivity index (χ3n) is 5.27. The van der Waals surface area contributed by atoms with Crippen LogP contribution in [0.25, 0.3) is 0 Å². The number of ether oxygens (including phenoxy) is 2. The third-order valence-corrected chi connectivity index (χ3v) is 5.27. The smallest absolute Gasteiger partial charge is 0.328 e. The molecule has 0 spiro atoms. The molecule has 0 saturated heterocycles. The van der Waals surface area contributed by atoms with Gasteiger partial charge in [0, 0.05) is 6.42 Å². The Hall–Kier alpha value is -3.63. The first kappa shape index (κ1) is 24.0. The largest absolute Gasteiger partial charge is 0.504 e. The minimum Gasteiger partial charge on any atom is -0.504 e. The molecule has 4 atom stereocenters. The second-order valence-electron chi connectivity index (χ2n) is 7.87. The van der Waals surface area contributed by atoms with Crippen LogP contribution in [-0.4, -0.2) is 59.3 Å². The molecule has 2 amide bonds. The summed E-state index contributed by atoms with van der Waals surface area (Å²) in [6.07, 6.45) is -1.07.